The fourth-order valence-electron chi connectivity index (χ4n) is 4.33. The summed E-state index contributed by atoms with van der Waals surface area (Å²) in [5.74, 6) is 0.167. The van der Waals surface area contributed by atoms with Gasteiger partial charge in [0.1, 0.15) is 0 Å². The number of fused-ring (bicyclic) bond motifs is 1. The minimum atomic E-state index is -0.874. The molecule has 1 N–H and O–H groups in total. The van der Waals surface area contributed by atoms with Crippen molar-refractivity contribution >= 4 is 5.97 Å². The summed E-state index contributed by atoms with van der Waals surface area (Å²) in [4.78, 5) is 13.6. The molecular weight excluding hydrogens is 314 g/mol. The van der Waals surface area contributed by atoms with E-state index >= 15 is 0 Å². The average molecular weight is 337 g/mol. The third-order valence-electron chi connectivity index (χ3n) is 5.59. The summed E-state index contributed by atoms with van der Waals surface area (Å²) in [7, 11) is 0. The Labute approximate surface area is 148 Å². The molecule has 2 aromatic rings. The van der Waals surface area contributed by atoms with Gasteiger partial charge in [0, 0.05) is 37.6 Å². The summed E-state index contributed by atoms with van der Waals surface area (Å²) in [6.07, 6.45) is 1.07. The number of likely N-dealkylation sites (tertiary alicyclic amines) is 1. The monoisotopic (exact) mass is 337 g/mol. The number of aromatic carboxylic acids is 1. The van der Waals surface area contributed by atoms with Crippen molar-refractivity contribution in [2.45, 2.75) is 24.9 Å². The van der Waals surface area contributed by atoms with Crippen LogP contribution in [-0.4, -0.2) is 41.8 Å². The summed E-state index contributed by atoms with van der Waals surface area (Å²) in [5.41, 5.74) is 2.91. The number of hydrogen-bond acceptors (Lipinski definition) is 3. The first kappa shape index (κ1) is 16.3. The summed E-state index contributed by atoms with van der Waals surface area (Å²) >= 11 is 0. The van der Waals surface area contributed by atoms with Crippen LogP contribution < -0.4 is 0 Å². The van der Waals surface area contributed by atoms with Crippen molar-refractivity contribution in [3.8, 4) is 0 Å². The van der Waals surface area contributed by atoms with E-state index in [2.05, 4.69) is 35.2 Å². The van der Waals surface area contributed by atoms with E-state index in [0.29, 0.717) is 23.4 Å². The van der Waals surface area contributed by atoms with Crippen LogP contribution in [0.25, 0.3) is 0 Å². The Morgan fingerprint density at radius 2 is 1.88 bits per heavy atom. The summed E-state index contributed by atoms with van der Waals surface area (Å²) in [5, 5.41) is 9.05. The number of carboxylic acids is 1. The van der Waals surface area contributed by atoms with Gasteiger partial charge in [-0.1, -0.05) is 42.5 Å². The number of benzene rings is 2. The first-order valence-corrected chi connectivity index (χ1v) is 8.91. The lowest BCUT2D eigenvalue weighted by Crippen LogP contribution is -2.38. The quantitative estimate of drug-likeness (QED) is 0.929. The molecule has 4 rings (SSSR count). The van der Waals surface area contributed by atoms with Crippen molar-refractivity contribution in [3.05, 3.63) is 71.3 Å². The average Bonchev–Trinajstić information content (AvgIpc) is 3.02. The zero-order valence-corrected chi connectivity index (χ0v) is 14.2. The van der Waals surface area contributed by atoms with Gasteiger partial charge in [0.05, 0.1) is 12.2 Å². The van der Waals surface area contributed by atoms with Crippen LogP contribution in [0.2, 0.25) is 0 Å². The molecule has 3 unspecified atom stereocenters. The van der Waals surface area contributed by atoms with Crippen molar-refractivity contribution in [2.75, 3.05) is 19.8 Å². The van der Waals surface area contributed by atoms with E-state index in [1.54, 1.807) is 12.1 Å². The van der Waals surface area contributed by atoms with Gasteiger partial charge in [0.25, 0.3) is 0 Å². The van der Waals surface area contributed by atoms with Crippen LogP contribution >= 0.6 is 0 Å². The van der Waals surface area contributed by atoms with Crippen molar-refractivity contribution in [2.24, 2.45) is 5.92 Å². The van der Waals surface area contributed by atoms with Gasteiger partial charge in [-0.25, -0.2) is 4.79 Å². The van der Waals surface area contributed by atoms with Gasteiger partial charge < -0.3 is 9.84 Å². The normalized spacial score (nSPS) is 26.3. The topological polar surface area (TPSA) is 49.8 Å². The molecule has 4 nitrogen and oxygen atoms in total. The Bertz CT molecular complexity index is 729. The number of carboxylic acid groups (broad SMARTS) is 1. The number of carbonyl (C=O) groups is 1. The van der Waals surface area contributed by atoms with E-state index in [-0.39, 0.29) is 0 Å². The number of rotatable bonds is 4. The maximum absolute atomic E-state index is 11.0. The predicted molar refractivity (Wildman–Crippen MR) is 95.7 cm³/mol. The molecule has 2 fully saturated rings. The van der Waals surface area contributed by atoms with E-state index in [4.69, 9.17) is 9.84 Å². The molecule has 0 aromatic heterocycles. The SMILES string of the molecule is O=C(O)c1ccc(CN2CC(c3ccccc3)C3COCCC32)cc1. The molecule has 25 heavy (non-hydrogen) atoms. The van der Waals surface area contributed by atoms with Gasteiger partial charge in [-0.15, -0.1) is 0 Å². The highest BCUT2D eigenvalue weighted by molar-refractivity contribution is 5.87. The van der Waals surface area contributed by atoms with Crippen LogP contribution in [0.3, 0.4) is 0 Å². The standard InChI is InChI=1S/C21H23NO3/c23-21(24)17-8-6-15(7-9-17)12-22-13-18(16-4-2-1-3-5-16)19-14-25-11-10-20(19)22/h1-9,18-20H,10-14H2,(H,23,24). The largest absolute Gasteiger partial charge is 0.478 e. The first-order valence-electron chi connectivity index (χ1n) is 8.91. The molecule has 2 heterocycles. The second-order valence-electron chi connectivity index (χ2n) is 7.04. The molecule has 0 aliphatic carbocycles. The van der Waals surface area contributed by atoms with Crippen molar-refractivity contribution < 1.29 is 14.6 Å². The molecule has 2 saturated heterocycles. The second kappa shape index (κ2) is 6.98. The van der Waals surface area contributed by atoms with Crippen molar-refractivity contribution in [3.63, 3.8) is 0 Å². The van der Waals surface area contributed by atoms with E-state index in [1.165, 1.54) is 11.1 Å². The highest BCUT2D eigenvalue weighted by atomic mass is 16.5. The zero-order valence-electron chi connectivity index (χ0n) is 14.2. The van der Waals surface area contributed by atoms with Crippen molar-refractivity contribution in [1.82, 2.24) is 4.90 Å². The molecule has 0 amide bonds. The molecule has 0 spiro atoms. The van der Waals surface area contributed by atoms with Gasteiger partial charge in [-0.3, -0.25) is 4.90 Å². The second-order valence-corrected chi connectivity index (χ2v) is 7.04. The number of hydrogen-bond donors (Lipinski definition) is 1. The molecule has 0 saturated carbocycles. The van der Waals surface area contributed by atoms with Crippen LogP contribution in [-0.2, 0) is 11.3 Å². The zero-order chi connectivity index (χ0) is 17.2. The highest BCUT2D eigenvalue weighted by Crippen LogP contribution is 2.41. The summed E-state index contributed by atoms with van der Waals surface area (Å²) in [6, 6.07) is 18.5. The predicted octanol–water partition coefficient (Wildman–Crippen LogP) is 3.39. The fraction of sp³-hybridized carbons (Fsp3) is 0.381. The first-order chi connectivity index (χ1) is 12.2. The fourth-order valence-corrected chi connectivity index (χ4v) is 4.33. The highest BCUT2D eigenvalue weighted by Gasteiger charge is 2.43. The lowest BCUT2D eigenvalue weighted by molar-refractivity contribution is 0.0177. The van der Waals surface area contributed by atoms with Gasteiger partial charge >= 0.3 is 5.97 Å². The molecule has 130 valence electrons. The molecule has 3 atom stereocenters. The van der Waals surface area contributed by atoms with E-state index < -0.39 is 5.97 Å². The summed E-state index contributed by atoms with van der Waals surface area (Å²) in [6.45, 7) is 3.56. The Kier molecular flexibility index (Phi) is 4.55. The Morgan fingerprint density at radius 1 is 1.12 bits per heavy atom. The molecule has 4 heteroatoms. The van der Waals surface area contributed by atoms with Crippen molar-refractivity contribution in [1.29, 1.82) is 0 Å². The minimum Gasteiger partial charge on any atom is -0.478 e. The number of ether oxygens (including phenoxy) is 1. The smallest absolute Gasteiger partial charge is 0.335 e. The Morgan fingerprint density at radius 3 is 2.60 bits per heavy atom. The van der Waals surface area contributed by atoms with E-state index in [1.807, 2.05) is 12.1 Å². The summed E-state index contributed by atoms with van der Waals surface area (Å²) < 4.78 is 5.78. The van der Waals surface area contributed by atoms with Gasteiger partial charge in [-0.2, -0.15) is 0 Å². The van der Waals surface area contributed by atoms with E-state index in [0.717, 1.165) is 32.7 Å². The van der Waals surface area contributed by atoms with Crippen LogP contribution in [0.5, 0.6) is 0 Å². The minimum absolute atomic E-state index is 0.344. The Hall–Kier alpha value is -2.17. The molecule has 0 bridgehead atoms. The van der Waals surface area contributed by atoms with Crippen LogP contribution in [0.4, 0.5) is 0 Å². The Balaban J connectivity index is 1.54. The molecular formula is C21H23NO3. The molecule has 2 aliphatic rings. The number of nitrogens with zero attached hydrogens (tertiary/aromatic N) is 1. The maximum Gasteiger partial charge on any atom is 0.335 e. The molecule has 2 aliphatic heterocycles. The van der Waals surface area contributed by atoms with Gasteiger partial charge in [0.2, 0.25) is 0 Å². The van der Waals surface area contributed by atoms with Gasteiger partial charge in [-0.05, 0) is 29.7 Å². The maximum atomic E-state index is 11.0. The molecule has 0 radical (unpaired) electrons. The van der Waals surface area contributed by atoms with Crippen LogP contribution in [0.15, 0.2) is 54.6 Å². The van der Waals surface area contributed by atoms with Gasteiger partial charge in [0.15, 0.2) is 0 Å². The molecule has 2 aromatic carbocycles. The third kappa shape index (κ3) is 3.32. The lowest BCUT2D eigenvalue weighted by atomic mass is 9.84. The van der Waals surface area contributed by atoms with E-state index in [9.17, 15) is 4.79 Å². The van der Waals surface area contributed by atoms with Crippen LogP contribution in [0, 0.1) is 5.92 Å². The third-order valence-corrected chi connectivity index (χ3v) is 5.59. The lowest BCUT2D eigenvalue weighted by Gasteiger charge is -2.32. The van der Waals surface area contributed by atoms with Crippen LogP contribution in [0.1, 0.15) is 33.8 Å².